The first-order valence-corrected chi connectivity index (χ1v) is 8.63. The fraction of sp³-hybridized carbons (Fsp3) is 0.625. The molecule has 1 aromatic rings. The Balaban J connectivity index is 0.00000110. The third-order valence-electron chi connectivity index (χ3n) is 4.62. The first kappa shape index (κ1) is 19.5. The lowest BCUT2D eigenvalue weighted by molar-refractivity contribution is 0.125. The zero-order chi connectivity index (χ0) is 13.1. The Hall–Kier alpha value is 0.450. The Labute approximate surface area is 154 Å². The monoisotopic (exact) mass is 442 g/mol. The third-order valence-corrected chi connectivity index (χ3v) is 5.60. The van der Waals surface area contributed by atoms with Crippen LogP contribution < -0.4 is 5.32 Å². The van der Waals surface area contributed by atoms with Crippen LogP contribution in [0.15, 0.2) is 24.3 Å². The van der Waals surface area contributed by atoms with Crippen LogP contribution >= 0.6 is 47.4 Å². The third kappa shape index (κ3) is 4.71. The van der Waals surface area contributed by atoms with E-state index >= 15 is 0 Å². The van der Waals surface area contributed by atoms with Gasteiger partial charge < -0.3 is 5.32 Å². The summed E-state index contributed by atoms with van der Waals surface area (Å²) < 4.78 is 1.44. The molecule has 1 saturated carbocycles. The molecular formula is C16H25Cl2IN2. The fourth-order valence-corrected chi connectivity index (χ4v) is 4.40. The molecule has 5 heteroatoms. The van der Waals surface area contributed by atoms with Crippen molar-refractivity contribution in [2.24, 2.45) is 5.92 Å². The topological polar surface area (TPSA) is 15.3 Å². The second-order valence-electron chi connectivity index (χ2n) is 5.80. The van der Waals surface area contributed by atoms with Crippen LogP contribution in [0.2, 0.25) is 0 Å². The van der Waals surface area contributed by atoms with E-state index in [-0.39, 0.29) is 24.8 Å². The van der Waals surface area contributed by atoms with E-state index in [2.05, 4.69) is 57.1 Å². The summed E-state index contributed by atoms with van der Waals surface area (Å²) in [7, 11) is 0. The van der Waals surface area contributed by atoms with Crippen molar-refractivity contribution in [3.63, 3.8) is 0 Å². The van der Waals surface area contributed by atoms with Gasteiger partial charge in [0.1, 0.15) is 0 Å². The highest BCUT2D eigenvalue weighted by atomic mass is 127. The summed E-state index contributed by atoms with van der Waals surface area (Å²) in [6, 6.07) is 9.64. The molecule has 0 amide bonds. The fourth-order valence-electron chi connectivity index (χ4n) is 3.70. The molecule has 1 aliphatic heterocycles. The molecule has 1 aliphatic carbocycles. The molecule has 0 aromatic heterocycles. The van der Waals surface area contributed by atoms with E-state index in [4.69, 9.17) is 0 Å². The van der Waals surface area contributed by atoms with Crippen LogP contribution in [-0.4, -0.2) is 31.1 Å². The van der Waals surface area contributed by atoms with E-state index in [1.165, 1.54) is 42.3 Å². The summed E-state index contributed by atoms with van der Waals surface area (Å²) >= 11 is 2.52. The van der Waals surface area contributed by atoms with Crippen LogP contribution in [0, 0.1) is 9.49 Å². The average molecular weight is 443 g/mol. The zero-order valence-corrected chi connectivity index (χ0v) is 16.1. The van der Waals surface area contributed by atoms with E-state index in [1.807, 2.05) is 0 Å². The number of hydrogen-bond donors (Lipinski definition) is 1. The molecule has 3 rings (SSSR count). The molecule has 1 atom stereocenters. The van der Waals surface area contributed by atoms with Crippen molar-refractivity contribution in [3.8, 4) is 0 Å². The summed E-state index contributed by atoms with van der Waals surface area (Å²) in [6.45, 7) is 4.69. The number of benzene rings is 1. The predicted octanol–water partition coefficient (Wildman–Crippen LogP) is 4.27. The lowest BCUT2D eigenvalue weighted by atomic mass is 9.90. The summed E-state index contributed by atoms with van der Waals surface area (Å²) in [5, 5.41) is 3.48. The molecule has 1 heterocycles. The first-order chi connectivity index (χ1) is 9.36. The smallest absolute Gasteiger partial charge is 0.0387 e. The van der Waals surface area contributed by atoms with Crippen molar-refractivity contribution in [1.82, 2.24) is 10.2 Å². The van der Waals surface area contributed by atoms with E-state index in [0.29, 0.717) is 6.04 Å². The Morgan fingerprint density at radius 2 is 1.67 bits per heavy atom. The van der Waals surface area contributed by atoms with Gasteiger partial charge in [-0.3, -0.25) is 4.90 Å². The molecule has 0 radical (unpaired) electrons. The van der Waals surface area contributed by atoms with Gasteiger partial charge >= 0.3 is 0 Å². The number of piperazine rings is 1. The molecule has 0 spiro atoms. The van der Waals surface area contributed by atoms with E-state index in [0.717, 1.165) is 19.0 Å². The lowest BCUT2D eigenvalue weighted by Crippen LogP contribution is -2.46. The van der Waals surface area contributed by atoms with Crippen molar-refractivity contribution < 1.29 is 0 Å². The molecule has 0 bridgehead atoms. The van der Waals surface area contributed by atoms with Crippen LogP contribution in [0.1, 0.15) is 37.3 Å². The summed E-state index contributed by atoms with van der Waals surface area (Å²) in [5.74, 6) is 0.869. The van der Waals surface area contributed by atoms with E-state index in [9.17, 15) is 0 Å². The number of halogens is 3. The van der Waals surface area contributed by atoms with Crippen LogP contribution in [-0.2, 0) is 0 Å². The highest BCUT2D eigenvalue weighted by molar-refractivity contribution is 14.1. The van der Waals surface area contributed by atoms with Gasteiger partial charge in [0.15, 0.2) is 0 Å². The van der Waals surface area contributed by atoms with Crippen LogP contribution in [0.4, 0.5) is 0 Å². The highest BCUT2D eigenvalue weighted by Gasteiger charge is 2.32. The van der Waals surface area contributed by atoms with Gasteiger partial charge in [-0.15, -0.1) is 24.8 Å². The predicted molar refractivity (Wildman–Crippen MR) is 103 cm³/mol. The molecule has 21 heavy (non-hydrogen) atoms. The van der Waals surface area contributed by atoms with Gasteiger partial charge in [0.25, 0.3) is 0 Å². The Bertz CT molecular complexity index is 418. The minimum absolute atomic E-state index is 0. The van der Waals surface area contributed by atoms with Gasteiger partial charge in [0, 0.05) is 35.8 Å². The normalized spacial score (nSPS) is 21.4. The Kier molecular flexibility index (Phi) is 8.87. The van der Waals surface area contributed by atoms with Crippen LogP contribution in [0.25, 0.3) is 0 Å². The summed E-state index contributed by atoms with van der Waals surface area (Å²) in [6.07, 6.45) is 5.69. The van der Waals surface area contributed by atoms with Crippen molar-refractivity contribution >= 4 is 47.4 Å². The van der Waals surface area contributed by atoms with E-state index in [1.54, 1.807) is 5.56 Å². The molecule has 2 fully saturated rings. The quantitative estimate of drug-likeness (QED) is 0.703. The SMILES string of the molecule is Cl.Cl.Ic1ccccc1[C@H](C1CCCC1)N1CCNCC1. The van der Waals surface area contributed by atoms with Gasteiger partial charge in [0.2, 0.25) is 0 Å². The second kappa shape index (κ2) is 9.56. The molecule has 2 nitrogen and oxygen atoms in total. The van der Waals surface area contributed by atoms with Gasteiger partial charge in [-0.05, 0) is 53.0 Å². The molecule has 2 aliphatic rings. The van der Waals surface area contributed by atoms with Crippen molar-refractivity contribution in [2.45, 2.75) is 31.7 Å². The maximum atomic E-state index is 3.48. The number of nitrogens with one attached hydrogen (secondary N) is 1. The number of rotatable bonds is 3. The van der Waals surface area contributed by atoms with Gasteiger partial charge in [-0.1, -0.05) is 31.0 Å². The van der Waals surface area contributed by atoms with Crippen LogP contribution in [0.5, 0.6) is 0 Å². The summed E-state index contributed by atoms with van der Waals surface area (Å²) in [5.41, 5.74) is 1.57. The van der Waals surface area contributed by atoms with Gasteiger partial charge in [0.05, 0.1) is 0 Å². The molecule has 1 saturated heterocycles. The maximum absolute atomic E-state index is 3.48. The van der Waals surface area contributed by atoms with Crippen molar-refractivity contribution in [3.05, 3.63) is 33.4 Å². The zero-order valence-electron chi connectivity index (χ0n) is 12.3. The molecule has 120 valence electrons. The number of hydrogen-bond acceptors (Lipinski definition) is 2. The Morgan fingerprint density at radius 3 is 2.29 bits per heavy atom. The second-order valence-corrected chi connectivity index (χ2v) is 6.96. The van der Waals surface area contributed by atoms with Gasteiger partial charge in [-0.25, -0.2) is 0 Å². The molecule has 1 aromatic carbocycles. The highest BCUT2D eigenvalue weighted by Crippen LogP contribution is 2.40. The lowest BCUT2D eigenvalue weighted by Gasteiger charge is -2.39. The van der Waals surface area contributed by atoms with Crippen LogP contribution in [0.3, 0.4) is 0 Å². The molecule has 1 N–H and O–H groups in total. The minimum atomic E-state index is 0. The van der Waals surface area contributed by atoms with Crippen molar-refractivity contribution in [2.75, 3.05) is 26.2 Å². The minimum Gasteiger partial charge on any atom is -0.314 e. The molecule has 0 unspecified atom stereocenters. The Morgan fingerprint density at radius 1 is 1.05 bits per heavy atom. The van der Waals surface area contributed by atoms with Gasteiger partial charge in [-0.2, -0.15) is 0 Å². The largest absolute Gasteiger partial charge is 0.314 e. The summed E-state index contributed by atoms with van der Waals surface area (Å²) in [4.78, 5) is 2.73. The average Bonchev–Trinajstić information content (AvgIpc) is 2.96. The van der Waals surface area contributed by atoms with E-state index < -0.39 is 0 Å². The number of nitrogens with zero attached hydrogens (tertiary/aromatic N) is 1. The molecular weight excluding hydrogens is 418 g/mol. The maximum Gasteiger partial charge on any atom is 0.0387 e. The first-order valence-electron chi connectivity index (χ1n) is 7.55. The standard InChI is InChI=1S/C16H23IN2.2ClH/c17-15-8-4-3-7-14(15)16(13-5-1-2-6-13)19-11-9-18-10-12-19;;/h3-4,7-8,13,16,18H,1-2,5-6,9-12H2;2*1H/t16-;;/m0../s1. The van der Waals surface area contributed by atoms with Crippen molar-refractivity contribution in [1.29, 1.82) is 0 Å².